The van der Waals surface area contributed by atoms with E-state index < -0.39 is 14.4 Å². The molecule has 0 saturated heterocycles. The first-order valence-electron chi connectivity index (χ1n) is 11.3. The molecule has 0 aliphatic carbocycles. The van der Waals surface area contributed by atoms with E-state index in [4.69, 9.17) is 4.43 Å². The van der Waals surface area contributed by atoms with Gasteiger partial charge in [0.1, 0.15) is 0 Å². The first-order valence-corrected chi connectivity index (χ1v) is 13.2. The molecule has 4 rings (SSSR count). The molecule has 5 heteroatoms. The molecule has 0 unspecified atom stereocenters. The van der Waals surface area contributed by atoms with E-state index in [0.29, 0.717) is 13.2 Å². The van der Waals surface area contributed by atoms with Crippen molar-refractivity contribution in [3.63, 3.8) is 0 Å². The molecular weight excluding hydrogens is 426 g/mol. The zero-order valence-electron chi connectivity index (χ0n) is 19.4. The molecule has 0 bridgehead atoms. The largest absolute Gasteiger partial charge is 0.465 e. The van der Waals surface area contributed by atoms with E-state index in [1.165, 1.54) is 15.3 Å². The molecule has 1 heterocycles. The summed E-state index contributed by atoms with van der Waals surface area (Å²) in [4.78, 5) is 13.6. The molecule has 0 spiro atoms. The summed E-state index contributed by atoms with van der Waals surface area (Å²) < 4.78 is 7.00. The molecule has 3 aromatic carbocycles. The zero-order valence-corrected chi connectivity index (χ0v) is 20.4. The normalized spacial score (nSPS) is 16.5. The Morgan fingerprint density at radius 3 is 1.85 bits per heavy atom. The maximum absolute atomic E-state index is 12.1. The van der Waals surface area contributed by atoms with Crippen LogP contribution in [0.3, 0.4) is 0 Å². The van der Waals surface area contributed by atoms with Crippen molar-refractivity contribution in [3.05, 3.63) is 103 Å². The number of carbonyl (C=O) groups is 1. The van der Waals surface area contributed by atoms with Crippen LogP contribution in [-0.4, -0.2) is 43.6 Å². The van der Waals surface area contributed by atoms with Crippen LogP contribution in [0.2, 0.25) is 5.04 Å². The third kappa shape index (κ3) is 4.52. The summed E-state index contributed by atoms with van der Waals surface area (Å²) in [5, 5.41) is 12.1. The van der Waals surface area contributed by atoms with Crippen molar-refractivity contribution in [3.8, 4) is 0 Å². The number of carboxylic acid groups (broad SMARTS) is 1. The molecule has 3 aromatic rings. The van der Waals surface area contributed by atoms with Gasteiger partial charge in [0.15, 0.2) is 0 Å². The van der Waals surface area contributed by atoms with E-state index in [2.05, 4.69) is 75.4 Å². The van der Waals surface area contributed by atoms with Gasteiger partial charge in [0.25, 0.3) is 8.32 Å². The van der Waals surface area contributed by atoms with Crippen LogP contribution < -0.4 is 10.4 Å². The average Bonchev–Trinajstić information content (AvgIpc) is 3.25. The second-order valence-corrected chi connectivity index (χ2v) is 13.8. The van der Waals surface area contributed by atoms with Gasteiger partial charge in [0.2, 0.25) is 0 Å². The van der Waals surface area contributed by atoms with Gasteiger partial charge in [-0.25, -0.2) is 4.79 Å². The highest BCUT2D eigenvalue weighted by molar-refractivity contribution is 6.99. The highest BCUT2D eigenvalue weighted by Crippen LogP contribution is 2.37. The summed E-state index contributed by atoms with van der Waals surface area (Å²) in [5.41, 5.74) is 2.07. The number of rotatable bonds is 6. The minimum atomic E-state index is -2.73. The van der Waals surface area contributed by atoms with Gasteiger partial charge in [0.05, 0.1) is 19.2 Å². The summed E-state index contributed by atoms with van der Waals surface area (Å²) in [7, 11) is -2.73. The van der Waals surface area contributed by atoms with Crippen LogP contribution in [0.15, 0.2) is 97.1 Å². The first-order chi connectivity index (χ1) is 15.8. The lowest BCUT2D eigenvalue weighted by atomic mass is 10.1. The monoisotopic (exact) mass is 457 g/mol. The summed E-state index contributed by atoms with van der Waals surface area (Å²) in [5.74, 6) is 0. The molecule has 1 atom stereocenters. The third-order valence-corrected chi connectivity index (χ3v) is 11.4. The summed E-state index contributed by atoms with van der Waals surface area (Å²) >= 11 is 0. The van der Waals surface area contributed by atoms with E-state index in [1.54, 1.807) is 0 Å². The van der Waals surface area contributed by atoms with Gasteiger partial charge in [-0.2, -0.15) is 0 Å². The minimum Gasteiger partial charge on any atom is -0.465 e. The van der Waals surface area contributed by atoms with Crippen LogP contribution >= 0.6 is 0 Å². The van der Waals surface area contributed by atoms with E-state index in [9.17, 15) is 9.90 Å². The molecular formula is C28H31NO3Si. The number of benzene rings is 3. The molecule has 170 valence electrons. The summed E-state index contributed by atoms with van der Waals surface area (Å²) in [6.07, 6.45) is 1.13. The lowest BCUT2D eigenvalue weighted by Crippen LogP contribution is -2.67. The Bertz CT molecular complexity index is 1070. The van der Waals surface area contributed by atoms with Crippen molar-refractivity contribution in [2.45, 2.75) is 31.9 Å². The molecule has 0 aromatic heterocycles. The Morgan fingerprint density at radius 2 is 1.39 bits per heavy atom. The second kappa shape index (κ2) is 9.38. The highest BCUT2D eigenvalue weighted by Gasteiger charge is 2.50. The lowest BCUT2D eigenvalue weighted by molar-refractivity contribution is 0.128. The van der Waals surface area contributed by atoms with Crippen molar-refractivity contribution >= 4 is 30.4 Å². The molecule has 33 heavy (non-hydrogen) atoms. The average molecular weight is 458 g/mol. The standard InChI is InChI=1S/C28H31NO3Si/c1-28(2,3)33(25-15-9-5-10-16-25,26-17-11-6-12-18-26)32-21-24-19-23(20-29(24)27(30)31)22-13-7-4-8-14-22/h4-19,24H,20-21H2,1-3H3,(H,30,31)/t24-/m0/s1. The molecule has 4 nitrogen and oxygen atoms in total. The van der Waals surface area contributed by atoms with E-state index in [1.807, 2.05) is 42.5 Å². The van der Waals surface area contributed by atoms with E-state index in [-0.39, 0.29) is 11.1 Å². The van der Waals surface area contributed by atoms with Gasteiger partial charge >= 0.3 is 6.09 Å². The predicted octanol–water partition coefficient (Wildman–Crippen LogP) is 5.01. The fourth-order valence-corrected chi connectivity index (χ4v) is 9.41. The number of nitrogens with zero attached hydrogens (tertiary/aromatic N) is 1. The van der Waals surface area contributed by atoms with Gasteiger partial charge in [0, 0.05) is 0 Å². The van der Waals surface area contributed by atoms with Crippen molar-refractivity contribution in [2.24, 2.45) is 0 Å². The van der Waals surface area contributed by atoms with E-state index in [0.717, 1.165) is 11.1 Å². The van der Waals surface area contributed by atoms with Crippen LogP contribution in [0.25, 0.3) is 5.57 Å². The predicted molar refractivity (Wildman–Crippen MR) is 137 cm³/mol. The summed E-state index contributed by atoms with van der Waals surface area (Å²) in [6.45, 7) is 7.38. The van der Waals surface area contributed by atoms with E-state index >= 15 is 0 Å². The molecule has 1 N–H and O–H groups in total. The SMILES string of the molecule is CC(C)(C)[Si](OC[C@@H]1C=C(c2ccccc2)CN1C(=O)O)(c1ccccc1)c1ccccc1. The van der Waals surface area contributed by atoms with Gasteiger partial charge in [-0.3, -0.25) is 4.90 Å². The topological polar surface area (TPSA) is 49.8 Å². The highest BCUT2D eigenvalue weighted by atomic mass is 28.4. The van der Waals surface area contributed by atoms with Crippen LogP contribution in [0.4, 0.5) is 4.79 Å². The van der Waals surface area contributed by atoms with Gasteiger partial charge in [-0.1, -0.05) is 118 Å². The number of amides is 1. The minimum absolute atomic E-state index is 0.158. The fraction of sp³-hybridized carbons (Fsp3) is 0.250. The lowest BCUT2D eigenvalue weighted by Gasteiger charge is -2.43. The molecule has 0 radical (unpaired) electrons. The Labute approximate surface area is 197 Å². The number of hydrogen-bond donors (Lipinski definition) is 1. The fourth-order valence-electron chi connectivity index (χ4n) is 4.83. The quantitative estimate of drug-likeness (QED) is 0.530. The second-order valence-electron chi connectivity index (χ2n) is 9.51. The molecule has 1 aliphatic rings. The van der Waals surface area contributed by atoms with Crippen LogP contribution in [-0.2, 0) is 4.43 Å². The molecule has 0 fully saturated rings. The van der Waals surface area contributed by atoms with Crippen molar-refractivity contribution < 1.29 is 14.3 Å². The van der Waals surface area contributed by atoms with Gasteiger partial charge < -0.3 is 9.53 Å². The molecule has 1 amide bonds. The van der Waals surface area contributed by atoms with Crippen LogP contribution in [0, 0.1) is 0 Å². The van der Waals surface area contributed by atoms with Gasteiger partial charge in [-0.15, -0.1) is 0 Å². The van der Waals surface area contributed by atoms with Crippen LogP contribution in [0.1, 0.15) is 26.3 Å². The Morgan fingerprint density at radius 1 is 0.909 bits per heavy atom. The Hall–Kier alpha value is -3.15. The van der Waals surface area contributed by atoms with Crippen LogP contribution in [0.5, 0.6) is 0 Å². The summed E-state index contributed by atoms with van der Waals surface area (Å²) in [6, 6.07) is 30.5. The smallest absolute Gasteiger partial charge is 0.408 e. The van der Waals surface area contributed by atoms with Gasteiger partial charge in [-0.05, 0) is 26.5 Å². The van der Waals surface area contributed by atoms with Crippen molar-refractivity contribution in [1.82, 2.24) is 4.90 Å². The van der Waals surface area contributed by atoms with Crippen molar-refractivity contribution in [1.29, 1.82) is 0 Å². The third-order valence-electron chi connectivity index (χ3n) is 6.41. The number of hydrogen-bond acceptors (Lipinski definition) is 2. The zero-order chi connectivity index (χ0) is 23.5. The molecule has 0 saturated carbocycles. The maximum atomic E-state index is 12.1. The molecule has 1 aliphatic heterocycles. The Kier molecular flexibility index (Phi) is 6.54. The first kappa shape index (κ1) is 23.0. The Balaban J connectivity index is 1.74. The van der Waals surface area contributed by atoms with Crippen molar-refractivity contribution in [2.75, 3.05) is 13.2 Å². The maximum Gasteiger partial charge on any atom is 0.408 e.